The number of nitrogens with two attached hydrogens (primary N) is 1. The molecule has 2 aromatic carbocycles. The molecule has 0 radical (unpaired) electrons. The molecular weight excluding hydrogens is 298 g/mol. The van der Waals surface area contributed by atoms with Gasteiger partial charge in [-0.3, -0.25) is 0 Å². The lowest BCUT2D eigenvalue weighted by Crippen LogP contribution is -2.13. The van der Waals surface area contributed by atoms with Gasteiger partial charge in [-0.2, -0.15) is 0 Å². The maximum Gasteiger partial charge on any atom is 0.0569 e. The Morgan fingerprint density at radius 3 is 2.41 bits per heavy atom. The Hall–Kier alpha value is -0.830. The van der Waals surface area contributed by atoms with E-state index in [0.29, 0.717) is 5.02 Å². The summed E-state index contributed by atoms with van der Waals surface area (Å²) in [7, 11) is 0. The summed E-state index contributed by atoms with van der Waals surface area (Å²) in [4.78, 5) is 0. The van der Waals surface area contributed by atoms with Gasteiger partial charge in [-0.25, -0.2) is 0 Å². The molecule has 0 aliphatic heterocycles. The number of halogens is 2. The largest absolute Gasteiger partial charge is 0.320 e. The molecule has 0 fully saturated rings. The van der Waals surface area contributed by atoms with Crippen molar-refractivity contribution in [2.75, 3.05) is 0 Å². The second-order valence-corrected chi connectivity index (χ2v) is 5.21. The maximum absolute atomic E-state index is 6.28. The van der Waals surface area contributed by atoms with Crippen molar-refractivity contribution in [1.29, 1.82) is 0 Å². The van der Waals surface area contributed by atoms with Gasteiger partial charge in [0.25, 0.3) is 0 Å². The summed E-state index contributed by atoms with van der Waals surface area (Å²) in [5.41, 5.74) is 9.48. The number of hydrogen-bond acceptors (Lipinski definition) is 1. The summed E-state index contributed by atoms with van der Waals surface area (Å²) >= 11 is 9.69. The Bertz CT molecular complexity index is 539. The fourth-order valence-electron chi connectivity index (χ4n) is 1.86. The summed E-state index contributed by atoms with van der Waals surface area (Å²) in [5, 5.41) is 0.708. The zero-order chi connectivity index (χ0) is 12.4. The second-order valence-electron chi connectivity index (χ2n) is 3.95. The van der Waals surface area contributed by atoms with Gasteiger partial charge in [0.15, 0.2) is 0 Å². The van der Waals surface area contributed by atoms with Gasteiger partial charge in [-0.05, 0) is 35.7 Å². The van der Waals surface area contributed by atoms with E-state index in [1.807, 2.05) is 42.5 Å². The van der Waals surface area contributed by atoms with E-state index >= 15 is 0 Å². The molecule has 0 saturated carbocycles. The van der Waals surface area contributed by atoms with E-state index in [1.165, 1.54) is 0 Å². The molecule has 2 N–H and O–H groups in total. The van der Waals surface area contributed by atoms with Crippen LogP contribution in [0.25, 0.3) is 0 Å². The van der Waals surface area contributed by atoms with E-state index in [1.54, 1.807) is 0 Å². The van der Waals surface area contributed by atoms with Gasteiger partial charge in [0, 0.05) is 9.50 Å². The zero-order valence-corrected chi connectivity index (χ0v) is 11.8. The summed E-state index contributed by atoms with van der Waals surface area (Å²) in [6, 6.07) is 13.5. The van der Waals surface area contributed by atoms with E-state index in [4.69, 9.17) is 17.3 Å². The molecule has 0 heterocycles. The van der Waals surface area contributed by atoms with E-state index in [9.17, 15) is 0 Å². The summed E-state index contributed by atoms with van der Waals surface area (Å²) in [5.74, 6) is 0. The number of hydrogen-bond donors (Lipinski definition) is 1. The van der Waals surface area contributed by atoms with Crippen LogP contribution in [0.2, 0.25) is 5.02 Å². The Morgan fingerprint density at radius 2 is 1.71 bits per heavy atom. The zero-order valence-electron chi connectivity index (χ0n) is 9.45. The van der Waals surface area contributed by atoms with Crippen molar-refractivity contribution in [1.82, 2.24) is 0 Å². The van der Waals surface area contributed by atoms with Crippen molar-refractivity contribution in [3.63, 3.8) is 0 Å². The predicted molar refractivity (Wildman–Crippen MR) is 76.4 cm³/mol. The van der Waals surface area contributed by atoms with Crippen molar-refractivity contribution >= 4 is 27.5 Å². The highest BCUT2D eigenvalue weighted by molar-refractivity contribution is 9.10. The van der Waals surface area contributed by atoms with Gasteiger partial charge in [0.2, 0.25) is 0 Å². The third-order valence-corrected chi connectivity index (χ3v) is 4.09. The van der Waals surface area contributed by atoms with Crippen molar-refractivity contribution in [2.24, 2.45) is 5.73 Å². The van der Waals surface area contributed by atoms with Crippen molar-refractivity contribution < 1.29 is 0 Å². The topological polar surface area (TPSA) is 26.0 Å². The third-order valence-electron chi connectivity index (χ3n) is 2.88. The molecule has 0 spiro atoms. The fraction of sp³-hybridized carbons (Fsp3) is 0.143. The van der Waals surface area contributed by atoms with E-state index in [-0.39, 0.29) is 6.04 Å². The Morgan fingerprint density at radius 1 is 1.06 bits per heavy atom. The smallest absolute Gasteiger partial charge is 0.0569 e. The molecule has 3 heteroatoms. The first kappa shape index (κ1) is 12.6. The molecule has 0 aromatic heterocycles. The van der Waals surface area contributed by atoms with E-state index in [2.05, 4.69) is 22.9 Å². The molecule has 0 amide bonds. The first-order valence-corrected chi connectivity index (χ1v) is 6.53. The standard InChI is InChI=1S/C14H13BrClN/c1-9-10(6-4-7-12(9)15)14(17)11-5-2-3-8-13(11)16/h2-8,14H,17H2,1H3. The first-order valence-electron chi connectivity index (χ1n) is 5.36. The van der Waals surface area contributed by atoms with Crippen LogP contribution in [0.15, 0.2) is 46.9 Å². The Balaban J connectivity index is 2.48. The fourth-order valence-corrected chi connectivity index (χ4v) is 2.49. The van der Waals surface area contributed by atoms with Gasteiger partial charge in [-0.15, -0.1) is 0 Å². The lowest BCUT2D eigenvalue weighted by atomic mass is 9.96. The van der Waals surface area contributed by atoms with Crippen LogP contribution in [0.1, 0.15) is 22.7 Å². The van der Waals surface area contributed by atoms with Crippen LogP contribution in [0, 0.1) is 6.92 Å². The van der Waals surface area contributed by atoms with Gasteiger partial charge < -0.3 is 5.73 Å². The molecule has 2 aromatic rings. The highest BCUT2D eigenvalue weighted by Crippen LogP contribution is 2.30. The molecule has 17 heavy (non-hydrogen) atoms. The average molecular weight is 311 g/mol. The lowest BCUT2D eigenvalue weighted by Gasteiger charge is -2.17. The average Bonchev–Trinajstić information content (AvgIpc) is 2.32. The first-order chi connectivity index (χ1) is 8.11. The van der Waals surface area contributed by atoms with E-state index in [0.717, 1.165) is 21.2 Å². The number of rotatable bonds is 2. The van der Waals surface area contributed by atoms with Crippen LogP contribution >= 0.6 is 27.5 Å². The molecule has 1 atom stereocenters. The van der Waals surface area contributed by atoms with Gasteiger partial charge in [0.05, 0.1) is 6.04 Å². The molecule has 0 aliphatic rings. The van der Waals surface area contributed by atoms with Crippen molar-refractivity contribution in [2.45, 2.75) is 13.0 Å². The van der Waals surface area contributed by atoms with Crippen molar-refractivity contribution in [3.05, 3.63) is 68.7 Å². The van der Waals surface area contributed by atoms with Crippen LogP contribution in [0.4, 0.5) is 0 Å². The molecule has 2 rings (SSSR count). The van der Waals surface area contributed by atoms with Crippen LogP contribution in [-0.4, -0.2) is 0 Å². The van der Waals surface area contributed by atoms with Crippen LogP contribution in [0.3, 0.4) is 0 Å². The summed E-state index contributed by atoms with van der Waals surface area (Å²) in [6.07, 6.45) is 0. The van der Waals surface area contributed by atoms with E-state index < -0.39 is 0 Å². The van der Waals surface area contributed by atoms with Gasteiger partial charge >= 0.3 is 0 Å². The summed E-state index contributed by atoms with van der Waals surface area (Å²) < 4.78 is 1.07. The van der Waals surface area contributed by atoms with Crippen molar-refractivity contribution in [3.8, 4) is 0 Å². The molecule has 1 nitrogen and oxygen atoms in total. The maximum atomic E-state index is 6.28. The molecule has 0 saturated heterocycles. The minimum Gasteiger partial charge on any atom is -0.320 e. The Labute approximate surface area is 115 Å². The number of benzene rings is 2. The SMILES string of the molecule is Cc1c(Br)cccc1C(N)c1ccccc1Cl. The minimum absolute atomic E-state index is 0.193. The summed E-state index contributed by atoms with van der Waals surface area (Å²) in [6.45, 7) is 2.05. The molecule has 1 unspecified atom stereocenters. The third kappa shape index (κ3) is 2.54. The monoisotopic (exact) mass is 309 g/mol. The highest BCUT2D eigenvalue weighted by Gasteiger charge is 2.14. The van der Waals surface area contributed by atoms with Gasteiger partial charge in [0.1, 0.15) is 0 Å². The Kier molecular flexibility index (Phi) is 3.87. The minimum atomic E-state index is -0.193. The van der Waals surface area contributed by atoms with Crippen LogP contribution < -0.4 is 5.73 Å². The van der Waals surface area contributed by atoms with Crippen LogP contribution in [-0.2, 0) is 0 Å². The molecule has 0 aliphatic carbocycles. The van der Waals surface area contributed by atoms with Gasteiger partial charge in [-0.1, -0.05) is 57.9 Å². The van der Waals surface area contributed by atoms with Crippen LogP contribution in [0.5, 0.6) is 0 Å². The second kappa shape index (κ2) is 5.21. The lowest BCUT2D eigenvalue weighted by molar-refractivity contribution is 0.860. The molecular formula is C14H13BrClN. The highest BCUT2D eigenvalue weighted by atomic mass is 79.9. The molecule has 88 valence electrons. The predicted octanol–water partition coefficient (Wildman–Crippen LogP) is 4.46. The normalized spacial score (nSPS) is 12.5. The quantitative estimate of drug-likeness (QED) is 0.871. The molecule has 0 bridgehead atoms.